The van der Waals surface area contributed by atoms with Crippen LogP contribution in [0.15, 0.2) is 17.6 Å². The zero-order valence-electron chi connectivity index (χ0n) is 8.15. The van der Waals surface area contributed by atoms with Crippen molar-refractivity contribution < 1.29 is 8.60 Å². The minimum atomic E-state index is -1.23. The Bertz CT molecular complexity index is 351. The second-order valence-electron chi connectivity index (χ2n) is 3.49. The van der Waals surface area contributed by atoms with Crippen molar-refractivity contribution >= 4 is 10.8 Å². The summed E-state index contributed by atoms with van der Waals surface area (Å²) in [6, 6.07) is 0.277. The topological polar surface area (TPSA) is 54.9 Å². The average molecular weight is 229 g/mol. The van der Waals surface area contributed by atoms with Gasteiger partial charge >= 0.3 is 0 Å². The fourth-order valence-corrected chi connectivity index (χ4v) is 2.71. The first-order chi connectivity index (χ1) is 7.25. The van der Waals surface area contributed by atoms with E-state index in [0.29, 0.717) is 5.75 Å². The molecule has 1 fully saturated rings. The minimum absolute atomic E-state index is 0.213. The lowest BCUT2D eigenvalue weighted by molar-refractivity contribution is 0.600. The van der Waals surface area contributed by atoms with E-state index in [9.17, 15) is 8.60 Å². The van der Waals surface area contributed by atoms with Crippen LogP contribution in [0.2, 0.25) is 0 Å². The van der Waals surface area contributed by atoms with E-state index in [-0.39, 0.29) is 11.2 Å². The van der Waals surface area contributed by atoms with Gasteiger partial charge in [-0.1, -0.05) is 0 Å². The molecule has 1 aromatic heterocycles. The number of aromatic nitrogens is 2. The third kappa shape index (κ3) is 2.79. The lowest BCUT2D eigenvalue weighted by atomic mass is 10.3. The summed E-state index contributed by atoms with van der Waals surface area (Å²) < 4.78 is 24.3. The first-order valence-electron chi connectivity index (χ1n) is 4.85. The van der Waals surface area contributed by atoms with Crippen LogP contribution in [-0.4, -0.2) is 32.5 Å². The average Bonchev–Trinajstić information content (AvgIpc) is 2.71. The van der Waals surface area contributed by atoms with Crippen LogP contribution in [0.1, 0.15) is 12.8 Å². The second-order valence-corrected chi connectivity index (χ2v) is 4.88. The van der Waals surface area contributed by atoms with Crippen LogP contribution in [0.3, 0.4) is 0 Å². The van der Waals surface area contributed by atoms with Gasteiger partial charge in [0.05, 0.1) is 23.2 Å². The molecule has 0 radical (unpaired) electrons. The largest absolute Gasteiger partial charge is 0.313 e. The van der Waals surface area contributed by atoms with E-state index in [1.54, 1.807) is 0 Å². The van der Waals surface area contributed by atoms with Crippen molar-refractivity contribution in [3.05, 3.63) is 18.2 Å². The summed E-state index contributed by atoms with van der Waals surface area (Å²) in [6.45, 7) is 0.978. The van der Waals surface area contributed by atoms with Crippen LogP contribution in [0.4, 0.5) is 4.39 Å². The summed E-state index contributed by atoms with van der Waals surface area (Å²) in [5.74, 6) is 0.000719. The van der Waals surface area contributed by atoms with Gasteiger partial charge in [-0.15, -0.1) is 0 Å². The summed E-state index contributed by atoms with van der Waals surface area (Å²) in [5.41, 5.74) is 0. The summed E-state index contributed by atoms with van der Waals surface area (Å²) in [4.78, 5) is 7.41. The number of nitrogens with zero attached hydrogens (tertiary/aromatic N) is 2. The van der Waals surface area contributed by atoms with Crippen molar-refractivity contribution in [3.8, 4) is 0 Å². The highest BCUT2D eigenvalue weighted by atomic mass is 32.2. The SMILES string of the molecule is O=[S@@](C[C@@H]1CCCN1)c1ncc(F)cn1. The van der Waals surface area contributed by atoms with Crippen LogP contribution < -0.4 is 5.32 Å². The van der Waals surface area contributed by atoms with Crippen LogP contribution in [0.25, 0.3) is 0 Å². The summed E-state index contributed by atoms with van der Waals surface area (Å²) in [5, 5.41) is 3.46. The minimum Gasteiger partial charge on any atom is -0.313 e. The van der Waals surface area contributed by atoms with Gasteiger partial charge in [0.1, 0.15) is 0 Å². The molecule has 0 bridgehead atoms. The first-order valence-corrected chi connectivity index (χ1v) is 6.17. The highest BCUT2D eigenvalue weighted by Gasteiger charge is 2.18. The maximum absolute atomic E-state index is 12.5. The standard InChI is InChI=1S/C9H12FN3OS/c10-7-4-12-9(13-5-7)15(14)6-8-2-1-3-11-8/h4-5,8,11H,1-3,6H2/t8-,15-/m0/s1. The van der Waals surface area contributed by atoms with Gasteiger partial charge in [0.2, 0.25) is 5.16 Å². The Morgan fingerprint density at radius 1 is 1.53 bits per heavy atom. The van der Waals surface area contributed by atoms with Gasteiger partial charge in [-0.3, -0.25) is 4.21 Å². The smallest absolute Gasteiger partial charge is 0.218 e. The molecule has 0 spiro atoms. The fourth-order valence-electron chi connectivity index (χ4n) is 1.57. The molecule has 0 saturated carbocycles. The molecule has 1 aliphatic rings. The first kappa shape index (κ1) is 10.6. The van der Waals surface area contributed by atoms with Crippen molar-refractivity contribution in [2.24, 2.45) is 0 Å². The molecular weight excluding hydrogens is 217 g/mol. The van der Waals surface area contributed by atoms with Gasteiger partial charge < -0.3 is 5.32 Å². The van der Waals surface area contributed by atoms with Crippen LogP contribution >= 0.6 is 0 Å². The molecule has 15 heavy (non-hydrogen) atoms. The number of nitrogens with one attached hydrogen (secondary N) is 1. The Kier molecular flexibility index (Phi) is 3.37. The third-order valence-electron chi connectivity index (χ3n) is 2.32. The Hall–Kier alpha value is -0.880. The molecule has 2 rings (SSSR count). The summed E-state index contributed by atoms with van der Waals surface area (Å²) in [7, 11) is -1.23. The van der Waals surface area contributed by atoms with Crippen molar-refractivity contribution in [2.45, 2.75) is 24.0 Å². The van der Waals surface area contributed by atoms with E-state index >= 15 is 0 Å². The van der Waals surface area contributed by atoms with E-state index in [1.165, 1.54) is 0 Å². The van der Waals surface area contributed by atoms with Crippen LogP contribution in [0, 0.1) is 5.82 Å². The molecule has 0 amide bonds. The molecule has 6 heteroatoms. The monoisotopic (exact) mass is 229 g/mol. The van der Waals surface area contributed by atoms with Crippen molar-refractivity contribution in [1.29, 1.82) is 0 Å². The maximum atomic E-state index is 12.5. The molecule has 1 saturated heterocycles. The summed E-state index contributed by atoms with van der Waals surface area (Å²) >= 11 is 0. The van der Waals surface area contributed by atoms with E-state index in [1.807, 2.05) is 0 Å². The number of halogens is 1. The number of hydrogen-bond donors (Lipinski definition) is 1. The normalized spacial score (nSPS) is 22.9. The molecular formula is C9H12FN3OS. The lowest BCUT2D eigenvalue weighted by Gasteiger charge is -2.07. The molecule has 82 valence electrons. The van der Waals surface area contributed by atoms with Crippen LogP contribution in [0.5, 0.6) is 0 Å². The van der Waals surface area contributed by atoms with E-state index in [4.69, 9.17) is 0 Å². The fraction of sp³-hybridized carbons (Fsp3) is 0.556. The Labute approximate surface area is 89.8 Å². The van der Waals surface area contributed by atoms with E-state index < -0.39 is 16.6 Å². The Morgan fingerprint density at radius 3 is 2.87 bits per heavy atom. The molecule has 0 aliphatic carbocycles. The van der Waals surface area contributed by atoms with E-state index in [2.05, 4.69) is 15.3 Å². The van der Waals surface area contributed by atoms with Gasteiger partial charge in [-0.25, -0.2) is 14.4 Å². The maximum Gasteiger partial charge on any atom is 0.218 e. The molecule has 2 atom stereocenters. The molecule has 1 aromatic rings. The predicted octanol–water partition coefficient (Wildman–Crippen LogP) is 0.475. The Morgan fingerprint density at radius 2 is 2.27 bits per heavy atom. The van der Waals surface area contributed by atoms with E-state index in [0.717, 1.165) is 31.8 Å². The van der Waals surface area contributed by atoms with Crippen molar-refractivity contribution in [2.75, 3.05) is 12.3 Å². The van der Waals surface area contributed by atoms with Gasteiger partial charge in [0, 0.05) is 11.8 Å². The molecule has 0 aromatic carbocycles. The molecule has 1 aliphatic heterocycles. The number of hydrogen-bond acceptors (Lipinski definition) is 4. The quantitative estimate of drug-likeness (QED) is 0.766. The van der Waals surface area contributed by atoms with Gasteiger partial charge in [0.25, 0.3) is 0 Å². The second kappa shape index (κ2) is 4.76. The molecule has 0 unspecified atom stereocenters. The molecule has 1 N–H and O–H groups in total. The number of rotatable bonds is 3. The zero-order valence-corrected chi connectivity index (χ0v) is 8.97. The highest BCUT2D eigenvalue weighted by Crippen LogP contribution is 2.09. The Balaban J connectivity index is 1.98. The lowest BCUT2D eigenvalue weighted by Crippen LogP contribution is -2.28. The van der Waals surface area contributed by atoms with Gasteiger partial charge in [-0.2, -0.15) is 0 Å². The third-order valence-corrected chi connectivity index (χ3v) is 3.64. The van der Waals surface area contributed by atoms with Gasteiger partial charge in [-0.05, 0) is 19.4 Å². The zero-order chi connectivity index (χ0) is 10.7. The summed E-state index contributed by atoms with van der Waals surface area (Å²) in [6.07, 6.45) is 4.24. The highest BCUT2D eigenvalue weighted by molar-refractivity contribution is 7.84. The molecule has 4 nitrogen and oxygen atoms in total. The van der Waals surface area contributed by atoms with Crippen LogP contribution in [-0.2, 0) is 10.8 Å². The molecule has 2 heterocycles. The van der Waals surface area contributed by atoms with Gasteiger partial charge in [0.15, 0.2) is 5.82 Å². The van der Waals surface area contributed by atoms with Crippen molar-refractivity contribution in [3.63, 3.8) is 0 Å². The predicted molar refractivity (Wildman–Crippen MR) is 54.3 cm³/mol. The van der Waals surface area contributed by atoms with Crippen molar-refractivity contribution in [1.82, 2.24) is 15.3 Å².